The van der Waals surface area contributed by atoms with Gasteiger partial charge in [-0.05, 0) is 48.1 Å². The van der Waals surface area contributed by atoms with Gasteiger partial charge < -0.3 is 10.4 Å². The Morgan fingerprint density at radius 2 is 1.89 bits per heavy atom. The van der Waals surface area contributed by atoms with E-state index >= 15 is 0 Å². The quantitative estimate of drug-likeness (QED) is 0.779. The molecule has 1 aliphatic carbocycles. The van der Waals surface area contributed by atoms with Crippen LogP contribution >= 0.6 is 0 Å². The largest absolute Gasteiger partial charge is 0.481 e. The number of benzene rings is 2. The topological polar surface area (TPSA) is 66.4 Å². The van der Waals surface area contributed by atoms with Crippen LogP contribution in [0.4, 0.5) is 8.78 Å². The zero-order valence-corrected chi connectivity index (χ0v) is 14.9. The number of nitrogens with one attached hydrogen (secondary N) is 1. The number of rotatable bonds is 7. The Hall–Kier alpha value is -2.76. The van der Waals surface area contributed by atoms with Gasteiger partial charge in [0.15, 0.2) is 0 Å². The van der Waals surface area contributed by atoms with Gasteiger partial charge in [-0.3, -0.25) is 9.59 Å². The highest BCUT2D eigenvalue weighted by atomic mass is 19.1. The van der Waals surface area contributed by atoms with Gasteiger partial charge in [-0.1, -0.05) is 37.3 Å². The maximum Gasteiger partial charge on any atom is 0.315 e. The van der Waals surface area contributed by atoms with Gasteiger partial charge in [0.25, 0.3) is 0 Å². The number of carbonyl (C=O) groups excluding carboxylic acids is 1. The molecule has 3 unspecified atom stereocenters. The zero-order chi connectivity index (χ0) is 19.6. The maximum atomic E-state index is 13.9. The molecule has 27 heavy (non-hydrogen) atoms. The Labute approximate surface area is 156 Å². The maximum absolute atomic E-state index is 13.9. The third-order valence-electron chi connectivity index (χ3n) is 5.39. The fourth-order valence-corrected chi connectivity index (χ4v) is 3.54. The van der Waals surface area contributed by atoms with Crippen LogP contribution in [0.3, 0.4) is 0 Å². The summed E-state index contributed by atoms with van der Waals surface area (Å²) < 4.78 is 27.2. The number of hydrogen-bond acceptors (Lipinski definition) is 2. The molecule has 2 aromatic carbocycles. The van der Waals surface area contributed by atoms with E-state index in [0.717, 1.165) is 18.2 Å². The van der Waals surface area contributed by atoms with Gasteiger partial charge in [-0.2, -0.15) is 0 Å². The summed E-state index contributed by atoms with van der Waals surface area (Å²) in [6.45, 7) is 1.70. The van der Waals surface area contributed by atoms with Crippen molar-refractivity contribution >= 4 is 11.9 Å². The fraction of sp³-hybridized carbons (Fsp3) is 0.333. The highest BCUT2D eigenvalue weighted by Gasteiger charge is 2.47. The first-order valence-corrected chi connectivity index (χ1v) is 8.90. The van der Waals surface area contributed by atoms with E-state index in [0.29, 0.717) is 18.4 Å². The molecule has 1 saturated carbocycles. The van der Waals surface area contributed by atoms with Crippen LogP contribution in [0.5, 0.6) is 0 Å². The Kier molecular flexibility index (Phi) is 5.26. The van der Waals surface area contributed by atoms with E-state index in [1.165, 1.54) is 0 Å². The van der Waals surface area contributed by atoms with Crippen molar-refractivity contribution in [1.82, 2.24) is 5.32 Å². The minimum Gasteiger partial charge on any atom is -0.481 e. The van der Waals surface area contributed by atoms with Gasteiger partial charge in [-0.25, -0.2) is 8.78 Å². The van der Waals surface area contributed by atoms with Crippen molar-refractivity contribution in [2.75, 3.05) is 6.54 Å². The SMILES string of the molecule is CCC(CNC(=O)C1CC1c1cc(F)ccc1F)(C(=O)O)c1ccccc1. The van der Waals surface area contributed by atoms with Crippen LogP contribution in [0, 0.1) is 17.6 Å². The van der Waals surface area contributed by atoms with Crippen LogP contribution in [0.15, 0.2) is 48.5 Å². The summed E-state index contributed by atoms with van der Waals surface area (Å²) >= 11 is 0. The molecule has 4 nitrogen and oxygen atoms in total. The summed E-state index contributed by atoms with van der Waals surface area (Å²) in [7, 11) is 0. The molecule has 3 atom stereocenters. The summed E-state index contributed by atoms with van der Waals surface area (Å²) in [6, 6.07) is 12.0. The molecule has 1 fully saturated rings. The molecule has 0 saturated heterocycles. The normalized spacial score (nSPS) is 20.6. The summed E-state index contributed by atoms with van der Waals surface area (Å²) in [5.74, 6) is -3.27. The minimum absolute atomic E-state index is 0.0590. The van der Waals surface area contributed by atoms with Crippen molar-refractivity contribution in [1.29, 1.82) is 0 Å². The number of halogens is 2. The summed E-state index contributed by atoms with van der Waals surface area (Å²) in [4.78, 5) is 24.5. The number of amides is 1. The molecule has 2 aromatic rings. The number of aliphatic carboxylic acids is 1. The van der Waals surface area contributed by atoms with Crippen LogP contribution in [-0.4, -0.2) is 23.5 Å². The molecule has 0 heterocycles. The fourth-order valence-electron chi connectivity index (χ4n) is 3.54. The van der Waals surface area contributed by atoms with Crippen molar-refractivity contribution in [3.63, 3.8) is 0 Å². The van der Waals surface area contributed by atoms with E-state index in [-0.39, 0.29) is 23.9 Å². The Morgan fingerprint density at radius 1 is 1.19 bits per heavy atom. The van der Waals surface area contributed by atoms with Crippen molar-refractivity contribution in [3.05, 3.63) is 71.3 Å². The molecule has 2 N–H and O–H groups in total. The molecular formula is C21H21F2NO3. The Balaban J connectivity index is 1.71. The van der Waals surface area contributed by atoms with Gasteiger partial charge >= 0.3 is 5.97 Å². The minimum atomic E-state index is -1.23. The standard InChI is InChI=1S/C21H21F2NO3/c1-2-21(20(26)27,13-6-4-3-5-7-13)12-24-19(25)17-11-15(17)16-10-14(22)8-9-18(16)23/h3-10,15,17H,2,11-12H2,1H3,(H,24,25)(H,26,27). The lowest BCUT2D eigenvalue weighted by atomic mass is 9.78. The number of carboxylic acid groups (broad SMARTS) is 1. The molecule has 0 radical (unpaired) electrons. The molecule has 142 valence electrons. The third-order valence-corrected chi connectivity index (χ3v) is 5.39. The summed E-state index contributed by atoms with van der Waals surface area (Å²) in [6.07, 6.45) is 0.725. The van der Waals surface area contributed by atoms with Gasteiger partial charge in [0.2, 0.25) is 5.91 Å². The smallest absolute Gasteiger partial charge is 0.315 e. The molecule has 1 amide bonds. The number of carboxylic acids is 1. The molecular weight excluding hydrogens is 352 g/mol. The average Bonchev–Trinajstić information content (AvgIpc) is 3.46. The van der Waals surface area contributed by atoms with Crippen LogP contribution in [0.2, 0.25) is 0 Å². The second-order valence-corrected chi connectivity index (χ2v) is 6.94. The van der Waals surface area contributed by atoms with E-state index in [1.54, 1.807) is 37.3 Å². The molecule has 0 aliphatic heterocycles. The van der Waals surface area contributed by atoms with Crippen LogP contribution in [-0.2, 0) is 15.0 Å². The van der Waals surface area contributed by atoms with Crippen LogP contribution < -0.4 is 5.32 Å². The molecule has 0 aromatic heterocycles. The van der Waals surface area contributed by atoms with Crippen LogP contribution in [0.25, 0.3) is 0 Å². The Bertz CT molecular complexity index is 856. The van der Waals surface area contributed by atoms with Crippen molar-refractivity contribution in [3.8, 4) is 0 Å². The number of hydrogen-bond donors (Lipinski definition) is 2. The monoisotopic (exact) mass is 373 g/mol. The zero-order valence-electron chi connectivity index (χ0n) is 14.9. The predicted molar refractivity (Wildman–Crippen MR) is 96.3 cm³/mol. The second-order valence-electron chi connectivity index (χ2n) is 6.94. The lowest BCUT2D eigenvalue weighted by Crippen LogP contribution is -2.46. The highest BCUT2D eigenvalue weighted by Crippen LogP contribution is 2.48. The first-order chi connectivity index (χ1) is 12.9. The first kappa shape index (κ1) is 19.0. The summed E-state index contributed by atoms with van der Waals surface area (Å²) in [5.41, 5.74) is -0.423. The van der Waals surface area contributed by atoms with Gasteiger partial charge in [0.05, 0.1) is 0 Å². The van der Waals surface area contributed by atoms with Crippen molar-refractivity contribution in [2.45, 2.75) is 31.1 Å². The van der Waals surface area contributed by atoms with E-state index in [4.69, 9.17) is 0 Å². The van der Waals surface area contributed by atoms with Crippen molar-refractivity contribution < 1.29 is 23.5 Å². The Morgan fingerprint density at radius 3 is 2.52 bits per heavy atom. The first-order valence-electron chi connectivity index (χ1n) is 8.90. The predicted octanol–water partition coefficient (Wildman–Crippen LogP) is 3.62. The molecule has 6 heteroatoms. The van der Waals surface area contributed by atoms with Gasteiger partial charge in [-0.15, -0.1) is 0 Å². The van der Waals surface area contributed by atoms with E-state index in [9.17, 15) is 23.5 Å². The van der Waals surface area contributed by atoms with Crippen molar-refractivity contribution in [2.24, 2.45) is 5.92 Å². The van der Waals surface area contributed by atoms with Crippen LogP contribution in [0.1, 0.15) is 36.8 Å². The number of carbonyl (C=O) groups is 2. The van der Waals surface area contributed by atoms with E-state index in [1.807, 2.05) is 0 Å². The molecule has 3 rings (SSSR count). The average molecular weight is 373 g/mol. The van der Waals surface area contributed by atoms with Gasteiger partial charge in [0, 0.05) is 12.5 Å². The molecule has 0 spiro atoms. The lowest BCUT2D eigenvalue weighted by molar-refractivity contribution is -0.144. The third kappa shape index (κ3) is 3.70. The second kappa shape index (κ2) is 7.47. The molecule has 0 bridgehead atoms. The van der Waals surface area contributed by atoms with E-state index in [2.05, 4.69) is 5.32 Å². The van der Waals surface area contributed by atoms with E-state index < -0.39 is 28.9 Å². The molecule has 1 aliphatic rings. The summed E-state index contributed by atoms with van der Waals surface area (Å²) in [5, 5.41) is 12.5. The van der Waals surface area contributed by atoms with Gasteiger partial charge in [0.1, 0.15) is 17.0 Å². The highest BCUT2D eigenvalue weighted by molar-refractivity contribution is 5.86. The lowest BCUT2D eigenvalue weighted by Gasteiger charge is -2.29.